The summed E-state index contributed by atoms with van der Waals surface area (Å²) >= 11 is 12.3. The molecule has 1 heterocycles. The lowest BCUT2D eigenvalue weighted by Gasteiger charge is -2.33. The van der Waals surface area contributed by atoms with E-state index in [9.17, 15) is 14.0 Å². The van der Waals surface area contributed by atoms with Crippen molar-refractivity contribution in [2.75, 3.05) is 11.9 Å². The molecule has 2 aromatic carbocycles. The zero-order valence-corrected chi connectivity index (χ0v) is 15.1. The Balaban J connectivity index is 2.05. The predicted molar refractivity (Wildman–Crippen MR) is 96.6 cm³/mol. The first kappa shape index (κ1) is 18.3. The molecule has 1 aliphatic heterocycles. The fourth-order valence-corrected chi connectivity index (χ4v) is 3.17. The van der Waals surface area contributed by atoms with Gasteiger partial charge in [-0.1, -0.05) is 29.3 Å². The molecule has 3 amide bonds. The Morgan fingerprint density at radius 2 is 2.00 bits per heavy atom. The van der Waals surface area contributed by atoms with E-state index in [1.165, 1.54) is 24.1 Å². The van der Waals surface area contributed by atoms with Crippen LogP contribution < -0.4 is 20.7 Å². The van der Waals surface area contributed by atoms with Crippen LogP contribution in [0.5, 0.6) is 11.5 Å². The van der Waals surface area contributed by atoms with Gasteiger partial charge in [-0.2, -0.15) is 0 Å². The summed E-state index contributed by atoms with van der Waals surface area (Å²) in [7, 11) is 1.52. The molecule has 0 fully saturated rings. The van der Waals surface area contributed by atoms with Crippen molar-refractivity contribution in [3.8, 4) is 11.5 Å². The smallest absolute Gasteiger partial charge is 0.312 e. The maximum absolute atomic E-state index is 13.5. The first-order valence-corrected chi connectivity index (χ1v) is 8.31. The fraction of sp³-hybridized carbons (Fsp3) is 0.176. The number of nitrogens with zero attached hydrogens (tertiary/aromatic N) is 1. The molecule has 0 aromatic heterocycles. The highest BCUT2D eigenvalue weighted by atomic mass is 35.5. The summed E-state index contributed by atoms with van der Waals surface area (Å²) in [5.41, 5.74) is 6.25. The predicted octanol–water partition coefficient (Wildman–Crippen LogP) is 3.48. The molecule has 0 saturated heterocycles. The first-order valence-electron chi connectivity index (χ1n) is 7.55. The number of anilines is 1. The number of ether oxygens (including phenoxy) is 1. The largest absolute Gasteiger partial charge is 0.452 e. The number of nitrogens with two attached hydrogens (primary N) is 1. The van der Waals surface area contributed by atoms with Gasteiger partial charge >= 0.3 is 6.03 Å². The lowest BCUT2D eigenvalue weighted by molar-refractivity contribution is -0.120. The van der Waals surface area contributed by atoms with Gasteiger partial charge in [0.25, 0.3) is 0 Å². The van der Waals surface area contributed by atoms with E-state index in [-0.39, 0.29) is 33.9 Å². The molecule has 0 aliphatic carbocycles. The maximum atomic E-state index is 13.5. The molecule has 6 nitrogen and oxygen atoms in total. The Labute approximate surface area is 158 Å². The summed E-state index contributed by atoms with van der Waals surface area (Å²) < 4.78 is 19.3. The molecule has 0 radical (unpaired) electrons. The average molecular weight is 398 g/mol. The number of primary amides is 1. The van der Waals surface area contributed by atoms with Crippen LogP contribution >= 0.6 is 23.2 Å². The van der Waals surface area contributed by atoms with Crippen LogP contribution in [0.2, 0.25) is 10.0 Å². The second-order valence-corrected chi connectivity index (χ2v) is 6.54. The molecule has 0 bridgehead atoms. The maximum Gasteiger partial charge on any atom is 0.312 e. The number of carbonyl (C=O) groups is 2. The van der Waals surface area contributed by atoms with Crippen LogP contribution in [0, 0.1) is 5.82 Å². The van der Waals surface area contributed by atoms with Gasteiger partial charge in [-0.15, -0.1) is 0 Å². The monoisotopic (exact) mass is 397 g/mol. The van der Waals surface area contributed by atoms with Gasteiger partial charge < -0.3 is 20.7 Å². The minimum Gasteiger partial charge on any atom is -0.452 e. The summed E-state index contributed by atoms with van der Waals surface area (Å²) in [6.07, 6.45) is 0.214. The van der Waals surface area contributed by atoms with Crippen LogP contribution in [-0.2, 0) is 11.2 Å². The molecule has 26 heavy (non-hydrogen) atoms. The number of benzene rings is 2. The first-order chi connectivity index (χ1) is 12.3. The molecule has 0 unspecified atom stereocenters. The molecule has 0 saturated carbocycles. The van der Waals surface area contributed by atoms with Crippen molar-refractivity contribution in [2.45, 2.75) is 12.5 Å². The Morgan fingerprint density at radius 1 is 1.31 bits per heavy atom. The second kappa shape index (κ2) is 7.01. The Bertz CT molecular complexity index is 907. The lowest BCUT2D eigenvalue weighted by Crippen LogP contribution is -2.53. The quantitative estimate of drug-likeness (QED) is 0.830. The Hall–Kier alpha value is -2.51. The molecule has 3 N–H and O–H groups in total. The van der Waals surface area contributed by atoms with Crippen LogP contribution in [-0.4, -0.2) is 25.0 Å². The van der Waals surface area contributed by atoms with Crippen molar-refractivity contribution >= 4 is 40.8 Å². The number of hydrogen-bond acceptors (Lipinski definition) is 3. The summed E-state index contributed by atoms with van der Waals surface area (Å²) in [6.45, 7) is 0. The number of nitrogens with one attached hydrogen (secondary N) is 1. The van der Waals surface area contributed by atoms with Crippen LogP contribution in [0.25, 0.3) is 0 Å². The number of rotatable bonds is 3. The van der Waals surface area contributed by atoms with Gasteiger partial charge in [-0.3, -0.25) is 4.79 Å². The topological polar surface area (TPSA) is 84.7 Å². The molecule has 2 aromatic rings. The highest BCUT2D eigenvalue weighted by Gasteiger charge is 2.34. The number of fused-ring (bicyclic) bond motifs is 1. The lowest BCUT2D eigenvalue weighted by atomic mass is 9.97. The van der Waals surface area contributed by atoms with Gasteiger partial charge in [0, 0.05) is 19.5 Å². The highest BCUT2D eigenvalue weighted by molar-refractivity contribution is 6.33. The van der Waals surface area contributed by atoms with Crippen LogP contribution in [0.3, 0.4) is 0 Å². The minimum absolute atomic E-state index is 0.0696. The van der Waals surface area contributed by atoms with Crippen LogP contribution in [0.15, 0.2) is 30.3 Å². The van der Waals surface area contributed by atoms with E-state index in [1.54, 1.807) is 12.1 Å². The van der Waals surface area contributed by atoms with Crippen molar-refractivity contribution in [2.24, 2.45) is 5.73 Å². The molecule has 1 atom stereocenters. The summed E-state index contributed by atoms with van der Waals surface area (Å²) in [5.74, 6) is -0.667. The number of halogens is 3. The number of hydrogen-bond donors (Lipinski definition) is 2. The van der Waals surface area contributed by atoms with Crippen molar-refractivity contribution in [3.05, 3.63) is 51.8 Å². The number of urea groups is 1. The molecule has 9 heteroatoms. The third-order valence-corrected chi connectivity index (χ3v) is 4.59. The Kier molecular flexibility index (Phi) is 4.93. The fourth-order valence-electron chi connectivity index (χ4n) is 2.82. The van der Waals surface area contributed by atoms with Crippen LogP contribution in [0.1, 0.15) is 5.56 Å². The zero-order chi connectivity index (χ0) is 19.0. The van der Waals surface area contributed by atoms with Gasteiger partial charge in [0.15, 0.2) is 5.75 Å². The van der Waals surface area contributed by atoms with Crippen molar-refractivity contribution in [1.29, 1.82) is 0 Å². The molecule has 1 aliphatic rings. The van der Waals surface area contributed by atoms with Gasteiger partial charge in [-0.05, 0) is 23.8 Å². The highest BCUT2D eigenvalue weighted by Crippen LogP contribution is 2.44. The van der Waals surface area contributed by atoms with Gasteiger partial charge in [-0.25, -0.2) is 9.18 Å². The molecular weight excluding hydrogens is 384 g/mol. The van der Waals surface area contributed by atoms with E-state index in [0.29, 0.717) is 11.3 Å². The summed E-state index contributed by atoms with van der Waals surface area (Å²) in [6, 6.07) is 5.41. The number of likely N-dealkylation sites (N-methyl/N-ethyl adjacent to an activating group) is 1. The van der Waals surface area contributed by atoms with E-state index in [4.69, 9.17) is 33.7 Å². The van der Waals surface area contributed by atoms with E-state index < -0.39 is 17.9 Å². The van der Waals surface area contributed by atoms with Crippen molar-refractivity contribution in [1.82, 2.24) is 5.32 Å². The van der Waals surface area contributed by atoms with Crippen LogP contribution in [0.4, 0.5) is 14.9 Å². The average Bonchev–Trinajstić information content (AvgIpc) is 2.57. The molecule has 136 valence electrons. The molecular formula is C17H14Cl2FN3O3. The third-order valence-electron chi connectivity index (χ3n) is 3.98. The van der Waals surface area contributed by atoms with Crippen molar-refractivity contribution in [3.63, 3.8) is 0 Å². The SMILES string of the molecule is CN1C(=O)[C@H](NC(N)=O)Cc2ccc(Cl)c(Oc3cc(F)ccc3Cl)c21. The summed E-state index contributed by atoms with van der Waals surface area (Å²) in [5, 5.41) is 2.83. The van der Waals surface area contributed by atoms with E-state index in [0.717, 1.165) is 6.07 Å². The van der Waals surface area contributed by atoms with E-state index in [1.807, 2.05) is 0 Å². The summed E-state index contributed by atoms with van der Waals surface area (Å²) in [4.78, 5) is 25.0. The molecule has 0 spiro atoms. The second-order valence-electron chi connectivity index (χ2n) is 5.72. The van der Waals surface area contributed by atoms with Gasteiger partial charge in [0.2, 0.25) is 5.91 Å². The zero-order valence-electron chi connectivity index (χ0n) is 13.6. The van der Waals surface area contributed by atoms with E-state index >= 15 is 0 Å². The van der Waals surface area contributed by atoms with Gasteiger partial charge in [0.05, 0.1) is 15.7 Å². The minimum atomic E-state index is -0.795. The van der Waals surface area contributed by atoms with E-state index in [2.05, 4.69) is 5.32 Å². The Morgan fingerprint density at radius 3 is 2.69 bits per heavy atom. The van der Waals surface area contributed by atoms with Crippen molar-refractivity contribution < 1.29 is 18.7 Å². The molecule has 3 rings (SSSR count). The number of carbonyl (C=O) groups excluding carboxylic acids is 2. The normalized spacial score (nSPS) is 16.2. The third kappa shape index (κ3) is 3.40. The van der Waals surface area contributed by atoms with Gasteiger partial charge in [0.1, 0.15) is 17.6 Å². The standard InChI is InChI=1S/C17H14Cl2FN3O3/c1-23-14-8(6-12(16(23)24)22-17(21)25)2-4-11(19)15(14)26-13-7-9(20)3-5-10(13)18/h2-5,7,12H,6H2,1H3,(H3,21,22,25)/t12-/m1/s1. The number of amides is 3.